The summed E-state index contributed by atoms with van der Waals surface area (Å²) in [5.41, 5.74) is 1.60. The van der Waals surface area contributed by atoms with Crippen molar-refractivity contribution in [3.8, 4) is 0 Å². The van der Waals surface area contributed by atoms with Gasteiger partial charge >= 0.3 is 11.9 Å². The number of ether oxygens (including phenoxy) is 4. The Hall–Kier alpha value is -3.09. The molecule has 0 spiro atoms. The Morgan fingerprint density at radius 3 is 2.54 bits per heavy atom. The van der Waals surface area contributed by atoms with Gasteiger partial charge in [0, 0.05) is 38.7 Å². The highest BCUT2D eigenvalue weighted by atomic mass is 16.6. The van der Waals surface area contributed by atoms with Crippen molar-refractivity contribution in [3.63, 3.8) is 0 Å². The van der Waals surface area contributed by atoms with Crippen LogP contribution >= 0.6 is 0 Å². The van der Waals surface area contributed by atoms with Crippen LogP contribution in [0.4, 0.5) is 0 Å². The van der Waals surface area contributed by atoms with E-state index >= 15 is 0 Å². The third-order valence-electron chi connectivity index (χ3n) is 9.43. The SMILES string of the molecule is CO[C@@H](/C(C)=C/C=C/C(C)=C/c1coc(C)n1)[C@@H](C)C1C[C@H](O)[C@]2(C)O[C@@H]2/C=C/[C@@H](C)[C@H]2C[C@H](CC(=O)O2)C[C@@H](O)[C@@H](O)C(=O)O1. The second-order valence-electron chi connectivity index (χ2n) is 13.2. The molecule has 1 aromatic rings. The molecule has 254 valence electrons. The van der Waals surface area contributed by atoms with Crippen LogP contribution < -0.4 is 0 Å². The maximum absolute atomic E-state index is 13.2. The van der Waals surface area contributed by atoms with E-state index in [1.807, 2.05) is 64.2 Å². The lowest BCUT2D eigenvalue weighted by atomic mass is 9.84. The number of methoxy groups -OCH3 is 1. The number of esters is 2. The van der Waals surface area contributed by atoms with Crippen molar-refractivity contribution in [3.05, 3.63) is 59.4 Å². The minimum atomic E-state index is -1.84. The number of cyclic esters (lactones) is 1. The van der Waals surface area contributed by atoms with Gasteiger partial charge in [0.1, 0.15) is 35.9 Å². The number of allylic oxidation sites excluding steroid dienone is 4. The third-order valence-corrected chi connectivity index (χ3v) is 9.43. The number of aromatic nitrogens is 1. The number of nitrogens with zero attached hydrogens (tertiary/aromatic N) is 1. The predicted molar refractivity (Wildman–Crippen MR) is 169 cm³/mol. The van der Waals surface area contributed by atoms with Crippen molar-refractivity contribution >= 4 is 18.0 Å². The molecular weight excluding hydrogens is 594 g/mol. The topological polar surface area (TPSA) is 161 Å². The maximum Gasteiger partial charge on any atom is 0.337 e. The first-order chi connectivity index (χ1) is 21.7. The van der Waals surface area contributed by atoms with Crippen LogP contribution in [0, 0.1) is 24.7 Å². The quantitative estimate of drug-likeness (QED) is 0.170. The van der Waals surface area contributed by atoms with E-state index in [4.69, 9.17) is 23.4 Å². The van der Waals surface area contributed by atoms with Crippen molar-refractivity contribution < 1.29 is 48.3 Å². The van der Waals surface area contributed by atoms with Gasteiger partial charge in [-0.2, -0.15) is 0 Å². The summed E-state index contributed by atoms with van der Waals surface area (Å²) in [5.74, 6) is -1.68. The standard InChI is InChI=1S/C35H49NO10/c1-19(13-25-18-43-23(5)36-25)9-8-10-21(3)33(42-7)22(4)28-17-29(38)35(6)30(46-35)12-11-20(2)27-15-24(16-31(39)44-27)14-26(37)32(40)34(41)45-28/h8-13,18,20,22,24,26-30,32-33,37-38,40H,14-17H2,1-7H3/b9-8+,12-11+,19-13+,21-10+/t20-,22+,24-,26-,27-,28?,29+,30-,32-,33+,35+/m1/s1. The van der Waals surface area contributed by atoms with Crippen LogP contribution in [0.5, 0.6) is 0 Å². The molecule has 4 heterocycles. The summed E-state index contributed by atoms with van der Waals surface area (Å²) in [6.45, 7) is 11.2. The van der Waals surface area contributed by atoms with E-state index in [1.54, 1.807) is 27.2 Å². The van der Waals surface area contributed by atoms with Gasteiger partial charge in [0.05, 0.1) is 18.3 Å². The highest BCUT2D eigenvalue weighted by molar-refractivity contribution is 5.75. The molecule has 46 heavy (non-hydrogen) atoms. The summed E-state index contributed by atoms with van der Waals surface area (Å²) in [4.78, 5) is 29.9. The number of carbonyl (C=O) groups excluding carboxylic acids is 2. The Labute approximate surface area is 271 Å². The van der Waals surface area contributed by atoms with E-state index in [0.29, 0.717) is 12.3 Å². The first kappa shape index (κ1) is 35.8. The lowest BCUT2D eigenvalue weighted by Gasteiger charge is -2.34. The summed E-state index contributed by atoms with van der Waals surface area (Å²) in [6, 6.07) is 0. The smallest absolute Gasteiger partial charge is 0.337 e. The van der Waals surface area contributed by atoms with Gasteiger partial charge in [0.2, 0.25) is 0 Å². The second kappa shape index (κ2) is 15.2. The van der Waals surface area contributed by atoms with Crippen LogP contribution in [0.25, 0.3) is 6.08 Å². The molecular formula is C35H49NO10. The highest BCUT2D eigenvalue weighted by Gasteiger charge is 2.57. The number of aliphatic hydroxyl groups excluding tert-OH is 3. The molecule has 0 radical (unpaired) electrons. The van der Waals surface area contributed by atoms with E-state index in [0.717, 1.165) is 16.8 Å². The summed E-state index contributed by atoms with van der Waals surface area (Å²) < 4.78 is 28.4. The highest BCUT2D eigenvalue weighted by Crippen LogP contribution is 2.43. The van der Waals surface area contributed by atoms with Crippen LogP contribution in [0.15, 0.2) is 52.2 Å². The fraction of sp³-hybridized carbons (Fsp3) is 0.629. The molecule has 1 unspecified atom stereocenters. The van der Waals surface area contributed by atoms with Gasteiger partial charge in [-0.05, 0) is 56.8 Å². The Bertz CT molecular complexity index is 1350. The normalized spacial score (nSPS) is 36.8. The van der Waals surface area contributed by atoms with Crippen LogP contribution in [-0.4, -0.2) is 87.7 Å². The number of oxazole rings is 1. The molecule has 3 aliphatic heterocycles. The van der Waals surface area contributed by atoms with Crippen molar-refractivity contribution in [1.82, 2.24) is 4.98 Å². The molecule has 4 rings (SSSR count). The van der Waals surface area contributed by atoms with Crippen molar-refractivity contribution in [1.29, 1.82) is 0 Å². The molecule has 11 nitrogen and oxygen atoms in total. The minimum absolute atomic E-state index is 0.0108. The average Bonchev–Trinajstić information content (AvgIpc) is 3.50. The largest absolute Gasteiger partial charge is 0.462 e. The number of aryl methyl sites for hydroxylation is 1. The Morgan fingerprint density at radius 2 is 1.87 bits per heavy atom. The number of rotatable bonds is 7. The number of hydrogen-bond acceptors (Lipinski definition) is 11. The molecule has 3 N–H and O–H groups in total. The number of aliphatic hydroxyl groups is 3. The average molecular weight is 644 g/mol. The number of fused-ring (bicyclic) bond motifs is 3. The molecule has 0 aromatic carbocycles. The van der Waals surface area contributed by atoms with Crippen LogP contribution in [0.2, 0.25) is 0 Å². The zero-order chi connectivity index (χ0) is 33.8. The van der Waals surface area contributed by atoms with Crippen LogP contribution in [0.3, 0.4) is 0 Å². The van der Waals surface area contributed by atoms with Gasteiger partial charge in [0.25, 0.3) is 0 Å². The van der Waals surface area contributed by atoms with Crippen LogP contribution in [0.1, 0.15) is 71.9 Å². The predicted octanol–water partition coefficient (Wildman–Crippen LogP) is 4.00. The van der Waals surface area contributed by atoms with Gasteiger partial charge in [-0.25, -0.2) is 9.78 Å². The Morgan fingerprint density at radius 1 is 1.13 bits per heavy atom. The zero-order valence-electron chi connectivity index (χ0n) is 27.8. The molecule has 2 fully saturated rings. The minimum Gasteiger partial charge on any atom is -0.462 e. The van der Waals surface area contributed by atoms with Crippen molar-refractivity contribution in [2.45, 2.75) is 116 Å². The van der Waals surface area contributed by atoms with E-state index < -0.39 is 54.1 Å². The van der Waals surface area contributed by atoms with Gasteiger partial charge < -0.3 is 38.7 Å². The lowest BCUT2D eigenvalue weighted by molar-refractivity contribution is -0.173. The van der Waals surface area contributed by atoms with Crippen LogP contribution in [-0.2, 0) is 28.5 Å². The molecule has 11 atom stereocenters. The molecule has 0 amide bonds. The van der Waals surface area contributed by atoms with E-state index in [-0.39, 0.29) is 43.2 Å². The first-order valence-corrected chi connectivity index (χ1v) is 16.0. The lowest BCUT2D eigenvalue weighted by Crippen LogP contribution is -2.45. The molecule has 1 aromatic heterocycles. The summed E-state index contributed by atoms with van der Waals surface area (Å²) in [7, 11) is 1.56. The fourth-order valence-corrected chi connectivity index (χ4v) is 6.41. The van der Waals surface area contributed by atoms with Gasteiger partial charge in [-0.3, -0.25) is 4.79 Å². The fourth-order valence-electron chi connectivity index (χ4n) is 6.41. The third kappa shape index (κ3) is 8.83. The van der Waals surface area contributed by atoms with Gasteiger partial charge in [-0.1, -0.05) is 44.2 Å². The zero-order valence-corrected chi connectivity index (χ0v) is 27.8. The molecule has 2 bridgehead atoms. The number of hydrogen-bond donors (Lipinski definition) is 3. The molecule has 3 aliphatic rings. The van der Waals surface area contributed by atoms with Gasteiger partial charge in [-0.15, -0.1) is 0 Å². The number of epoxide rings is 1. The molecule has 11 heteroatoms. The van der Waals surface area contributed by atoms with Crippen molar-refractivity contribution in [2.75, 3.05) is 7.11 Å². The summed E-state index contributed by atoms with van der Waals surface area (Å²) in [5, 5.41) is 33.0. The Kier molecular flexibility index (Phi) is 11.8. The second-order valence-corrected chi connectivity index (χ2v) is 13.2. The maximum atomic E-state index is 13.2. The molecule has 0 aliphatic carbocycles. The summed E-state index contributed by atoms with van der Waals surface area (Å²) >= 11 is 0. The van der Waals surface area contributed by atoms with Crippen molar-refractivity contribution in [2.24, 2.45) is 17.8 Å². The van der Waals surface area contributed by atoms with E-state index in [1.165, 1.54) is 0 Å². The first-order valence-electron chi connectivity index (χ1n) is 16.0. The monoisotopic (exact) mass is 643 g/mol. The Balaban J connectivity index is 1.55. The van der Waals surface area contributed by atoms with E-state index in [2.05, 4.69) is 4.98 Å². The molecule has 2 saturated heterocycles. The van der Waals surface area contributed by atoms with Gasteiger partial charge in [0.15, 0.2) is 12.0 Å². The van der Waals surface area contributed by atoms with E-state index in [9.17, 15) is 24.9 Å². The molecule has 0 saturated carbocycles. The number of carbonyl (C=O) groups is 2. The summed E-state index contributed by atoms with van der Waals surface area (Å²) in [6.07, 6.45) is 7.08.